The zero-order chi connectivity index (χ0) is 12.3. The molecule has 1 aromatic rings. The Balaban J connectivity index is 2.10. The first-order valence-corrected chi connectivity index (χ1v) is 5.40. The Morgan fingerprint density at radius 3 is 2.59 bits per heavy atom. The second-order valence-electron chi connectivity index (χ2n) is 3.97. The molecule has 5 nitrogen and oxygen atoms in total. The number of amides is 1. The molecule has 1 unspecified atom stereocenters. The highest BCUT2D eigenvalue weighted by Crippen LogP contribution is 2.14. The van der Waals surface area contributed by atoms with Crippen LogP contribution in [0.15, 0.2) is 35.5 Å². The molecule has 0 spiro atoms. The Labute approximate surface area is 98.4 Å². The number of benzene rings is 1. The minimum absolute atomic E-state index is 0.203. The van der Waals surface area contributed by atoms with E-state index in [9.17, 15) is 14.5 Å². The smallest absolute Gasteiger partial charge is 0.259 e. The van der Waals surface area contributed by atoms with Gasteiger partial charge in [0.2, 0.25) is 6.04 Å². The first-order chi connectivity index (χ1) is 8.22. The summed E-state index contributed by atoms with van der Waals surface area (Å²) >= 11 is 0. The first-order valence-electron chi connectivity index (χ1n) is 5.40. The van der Waals surface area contributed by atoms with Crippen LogP contribution in [0.3, 0.4) is 0 Å². The van der Waals surface area contributed by atoms with Gasteiger partial charge in [0, 0.05) is 19.5 Å². The highest BCUT2D eigenvalue weighted by molar-refractivity contribution is 6.07. The van der Waals surface area contributed by atoms with E-state index in [1.807, 2.05) is 30.3 Å². The van der Waals surface area contributed by atoms with Crippen molar-refractivity contribution in [2.45, 2.75) is 19.0 Å². The third-order valence-electron chi connectivity index (χ3n) is 2.80. The lowest BCUT2D eigenvalue weighted by Crippen LogP contribution is -2.47. The summed E-state index contributed by atoms with van der Waals surface area (Å²) in [6.45, 7) is 0.775. The maximum absolute atomic E-state index is 11.8. The molecule has 0 radical (unpaired) electrons. The first kappa shape index (κ1) is 11.4. The van der Waals surface area contributed by atoms with E-state index in [2.05, 4.69) is 5.18 Å². The van der Waals surface area contributed by atoms with Crippen LogP contribution in [-0.4, -0.2) is 29.2 Å². The molecule has 1 amide bonds. The number of rotatable bonds is 3. The summed E-state index contributed by atoms with van der Waals surface area (Å²) in [6.07, 6.45) is 0.203. The molecule has 1 heterocycles. The molecule has 1 aliphatic rings. The zero-order valence-corrected chi connectivity index (χ0v) is 9.20. The van der Waals surface area contributed by atoms with Gasteiger partial charge in [-0.15, -0.1) is 4.91 Å². The Hall–Kier alpha value is -2.04. The number of nitroso groups, excluding NO2 is 1. The molecule has 0 saturated carbocycles. The Bertz CT molecular complexity index is 444. The van der Waals surface area contributed by atoms with Crippen LogP contribution in [0.1, 0.15) is 12.0 Å². The van der Waals surface area contributed by atoms with Crippen LogP contribution in [-0.2, 0) is 16.1 Å². The van der Waals surface area contributed by atoms with E-state index in [4.69, 9.17) is 0 Å². The molecular weight excluding hydrogens is 220 g/mol. The molecule has 2 rings (SSSR count). The molecule has 5 heteroatoms. The lowest BCUT2D eigenvalue weighted by Gasteiger charge is -2.28. The summed E-state index contributed by atoms with van der Waals surface area (Å²) in [5, 5.41) is 2.61. The van der Waals surface area contributed by atoms with Crippen molar-refractivity contribution in [3.8, 4) is 0 Å². The predicted molar refractivity (Wildman–Crippen MR) is 61.1 cm³/mol. The molecule has 1 aliphatic heterocycles. The van der Waals surface area contributed by atoms with Gasteiger partial charge in [-0.2, -0.15) is 0 Å². The predicted octanol–water partition coefficient (Wildman–Crippen LogP) is 1.12. The highest BCUT2D eigenvalue weighted by atomic mass is 16.3. The van der Waals surface area contributed by atoms with E-state index in [-0.39, 0.29) is 12.2 Å². The molecule has 0 bridgehead atoms. The topological polar surface area (TPSA) is 66.8 Å². The van der Waals surface area contributed by atoms with Gasteiger partial charge in [-0.25, -0.2) is 0 Å². The van der Waals surface area contributed by atoms with Crippen molar-refractivity contribution in [2.75, 3.05) is 6.54 Å². The number of hydrogen-bond donors (Lipinski definition) is 0. The van der Waals surface area contributed by atoms with Gasteiger partial charge in [-0.3, -0.25) is 9.59 Å². The molecular formula is C12H12N2O3. The average molecular weight is 232 g/mol. The summed E-state index contributed by atoms with van der Waals surface area (Å²) in [7, 11) is 0. The zero-order valence-electron chi connectivity index (χ0n) is 9.20. The van der Waals surface area contributed by atoms with E-state index in [1.54, 1.807) is 0 Å². The lowest BCUT2D eigenvalue weighted by atomic mass is 10.0. The molecule has 0 aliphatic carbocycles. The number of ketones is 1. The second-order valence-corrected chi connectivity index (χ2v) is 3.97. The lowest BCUT2D eigenvalue weighted by molar-refractivity contribution is -0.141. The number of carbonyl (C=O) groups is 2. The van der Waals surface area contributed by atoms with Crippen molar-refractivity contribution in [1.29, 1.82) is 0 Å². The minimum Gasteiger partial charge on any atom is -0.336 e. The van der Waals surface area contributed by atoms with Gasteiger partial charge in [0.25, 0.3) is 5.91 Å². The van der Waals surface area contributed by atoms with Gasteiger partial charge in [0.1, 0.15) is 0 Å². The van der Waals surface area contributed by atoms with Gasteiger partial charge >= 0.3 is 0 Å². The fourth-order valence-electron chi connectivity index (χ4n) is 1.87. The van der Waals surface area contributed by atoms with Crippen LogP contribution in [0.5, 0.6) is 0 Å². The molecule has 0 N–H and O–H groups in total. The highest BCUT2D eigenvalue weighted by Gasteiger charge is 2.36. The third-order valence-corrected chi connectivity index (χ3v) is 2.80. The molecule has 0 aromatic heterocycles. The number of likely N-dealkylation sites (tertiary alicyclic amines) is 1. The average Bonchev–Trinajstić information content (AvgIpc) is 2.35. The van der Waals surface area contributed by atoms with Crippen LogP contribution in [0.4, 0.5) is 0 Å². The van der Waals surface area contributed by atoms with Crippen molar-refractivity contribution in [3.05, 3.63) is 40.8 Å². The summed E-state index contributed by atoms with van der Waals surface area (Å²) in [5.74, 6) is -0.866. The second kappa shape index (κ2) is 4.86. The molecule has 1 aromatic carbocycles. The summed E-state index contributed by atoms with van der Waals surface area (Å²) < 4.78 is 0. The van der Waals surface area contributed by atoms with Gasteiger partial charge in [0.05, 0.1) is 0 Å². The van der Waals surface area contributed by atoms with Crippen molar-refractivity contribution in [2.24, 2.45) is 5.18 Å². The SMILES string of the molecule is O=NC1C(=O)CCN(Cc2ccccc2)C1=O. The van der Waals surface area contributed by atoms with E-state index in [1.165, 1.54) is 4.90 Å². The van der Waals surface area contributed by atoms with Crippen molar-refractivity contribution in [3.63, 3.8) is 0 Å². The summed E-state index contributed by atoms with van der Waals surface area (Å²) in [5.41, 5.74) is 0.972. The largest absolute Gasteiger partial charge is 0.336 e. The van der Waals surface area contributed by atoms with Crippen LogP contribution in [0, 0.1) is 4.91 Å². The van der Waals surface area contributed by atoms with Crippen molar-refractivity contribution >= 4 is 11.7 Å². The van der Waals surface area contributed by atoms with E-state index in [0.717, 1.165) is 5.56 Å². The number of piperidine rings is 1. The van der Waals surface area contributed by atoms with Crippen LogP contribution < -0.4 is 0 Å². The molecule has 17 heavy (non-hydrogen) atoms. The fourth-order valence-corrected chi connectivity index (χ4v) is 1.87. The fraction of sp³-hybridized carbons (Fsp3) is 0.333. The quantitative estimate of drug-likeness (QED) is 0.579. The molecule has 88 valence electrons. The monoisotopic (exact) mass is 232 g/mol. The maximum Gasteiger partial charge on any atom is 0.259 e. The van der Waals surface area contributed by atoms with Gasteiger partial charge < -0.3 is 4.90 Å². The van der Waals surface area contributed by atoms with Crippen LogP contribution in [0.25, 0.3) is 0 Å². The number of hydrogen-bond acceptors (Lipinski definition) is 4. The molecule has 1 saturated heterocycles. The van der Waals surface area contributed by atoms with Crippen molar-refractivity contribution < 1.29 is 9.59 Å². The van der Waals surface area contributed by atoms with E-state index < -0.39 is 11.9 Å². The summed E-state index contributed by atoms with van der Waals surface area (Å²) in [4.78, 5) is 35.0. The minimum atomic E-state index is -1.34. The van der Waals surface area contributed by atoms with Gasteiger partial charge in [-0.1, -0.05) is 30.3 Å². The maximum atomic E-state index is 11.8. The van der Waals surface area contributed by atoms with E-state index >= 15 is 0 Å². The van der Waals surface area contributed by atoms with Crippen LogP contribution >= 0.6 is 0 Å². The Morgan fingerprint density at radius 2 is 1.94 bits per heavy atom. The Kier molecular flexibility index (Phi) is 3.27. The molecule has 1 atom stereocenters. The van der Waals surface area contributed by atoms with E-state index in [0.29, 0.717) is 13.1 Å². The van der Waals surface area contributed by atoms with Gasteiger partial charge in [-0.05, 0) is 10.7 Å². The molecule has 1 fully saturated rings. The number of carbonyl (C=O) groups excluding carboxylic acids is 2. The standard InChI is InChI=1S/C12H12N2O3/c15-10-6-7-14(12(16)11(10)13-17)8-9-4-2-1-3-5-9/h1-5,11H,6-8H2. The number of Topliss-reactive ketones (excluding diaryl/α,β-unsaturated/α-hetero) is 1. The summed E-state index contributed by atoms with van der Waals surface area (Å²) in [6, 6.07) is 8.10. The van der Waals surface area contributed by atoms with Crippen LogP contribution in [0.2, 0.25) is 0 Å². The van der Waals surface area contributed by atoms with Crippen molar-refractivity contribution in [1.82, 2.24) is 4.90 Å². The Morgan fingerprint density at radius 1 is 1.24 bits per heavy atom. The number of nitrogens with zero attached hydrogens (tertiary/aromatic N) is 2. The van der Waals surface area contributed by atoms with Gasteiger partial charge in [0.15, 0.2) is 5.78 Å². The normalized spacial score (nSPS) is 20.5. The third kappa shape index (κ3) is 2.38.